The van der Waals surface area contributed by atoms with E-state index >= 15 is 0 Å². The van der Waals surface area contributed by atoms with Crippen molar-refractivity contribution in [3.63, 3.8) is 0 Å². The zero-order chi connectivity index (χ0) is 5.41. The van der Waals surface area contributed by atoms with Crippen molar-refractivity contribution in [3.8, 4) is 0 Å². The van der Waals surface area contributed by atoms with E-state index in [1.54, 1.807) is 0 Å². The molecular formula is C3H12N2O. The number of aliphatic hydroxyl groups excluding tert-OH is 1. The molecule has 0 heterocycles. The number of nitrogens with two attached hydrogens (primary N) is 2. The lowest BCUT2D eigenvalue weighted by atomic mass is 10.8. The van der Waals surface area contributed by atoms with Gasteiger partial charge in [0.1, 0.15) is 0 Å². The van der Waals surface area contributed by atoms with Crippen LogP contribution < -0.4 is 11.5 Å². The number of rotatable bonds is 0. The van der Waals surface area contributed by atoms with E-state index in [0.717, 1.165) is 6.54 Å². The molecule has 0 unspecified atom stereocenters. The lowest BCUT2D eigenvalue weighted by molar-refractivity contribution is 0.307. The summed E-state index contributed by atoms with van der Waals surface area (Å²) in [5.41, 5.74) is 9.25. The third-order valence-corrected chi connectivity index (χ3v) is 0. The topological polar surface area (TPSA) is 72.3 Å². The van der Waals surface area contributed by atoms with E-state index in [-0.39, 0.29) is 6.73 Å². The normalized spacial score (nSPS) is 6.00. The lowest BCUT2D eigenvalue weighted by Gasteiger charge is -1.56. The zero-order valence-corrected chi connectivity index (χ0v) is 4.02. The van der Waals surface area contributed by atoms with E-state index in [0.29, 0.717) is 0 Å². The Balaban J connectivity index is 0. The van der Waals surface area contributed by atoms with Crippen LogP contribution in [0.1, 0.15) is 6.92 Å². The molecule has 0 fully saturated rings. The van der Waals surface area contributed by atoms with Gasteiger partial charge in [0.05, 0.1) is 6.73 Å². The first-order valence-corrected chi connectivity index (χ1v) is 1.84. The Hall–Kier alpha value is -0.120. The second-order valence-electron chi connectivity index (χ2n) is 0.591. The molecule has 0 saturated heterocycles. The van der Waals surface area contributed by atoms with Gasteiger partial charge in [-0.3, -0.25) is 0 Å². The Morgan fingerprint density at radius 1 is 1.50 bits per heavy atom. The largest absolute Gasteiger partial charge is 0.382 e. The first-order chi connectivity index (χ1) is 2.83. The molecule has 0 bridgehead atoms. The minimum atomic E-state index is -0.250. The molecular weight excluding hydrogens is 80.0 g/mol. The predicted molar refractivity (Wildman–Crippen MR) is 26.0 cm³/mol. The zero-order valence-electron chi connectivity index (χ0n) is 4.02. The highest BCUT2D eigenvalue weighted by Crippen LogP contribution is 1.20. The van der Waals surface area contributed by atoms with Gasteiger partial charge in [-0.05, 0) is 6.54 Å². The number of hydrogen-bond acceptors (Lipinski definition) is 3. The average Bonchev–Trinajstić information content (AvgIpc) is 1.39. The maximum atomic E-state index is 7.35. The van der Waals surface area contributed by atoms with E-state index in [1.807, 2.05) is 6.92 Å². The third-order valence-electron chi connectivity index (χ3n) is 0. The summed E-state index contributed by atoms with van der Waals surface area (Å²) in [5, 5.41) is 7.35. The van der Waals surface area contributed by atoms with Gasteiger partial charge in [-0.25, -0.2) is 0 Å². The summed E-state index contributed by atoms with van der Waals surface area (Å²) in [6.45, 7) is 2.40. The SMILES string of the molecule is CCN.NCO. The Morgan fingerprint density at radius 2 is 1.50 bits per heavy atom. The second kappa shape index (κ2) is 20.8. The maximum absolute atomic E-state index is 7.35. The fourth-order valence-corrected chi connectivity index (χ4v) is 0. The Kier molecular flexibility index (Phi) is 32.2. The Labute approximate surface area is 37.9 Å². The van der Waals surface area contributed by atoms with Crippen LogP contribution in [0.15, 0.2) is 0 Å². The highest BCUT2D eigenvalue weighted by molar-refractivity contribution is 4.00. The molecule has 3 heteroatoms. The van der Waals surface area contributed by atoms with Gasteiger partial charge in [0.2, 0.25) is 0 Å². The van der Waals surface area contributed by atoms with Crippen LogP contribution in [0.4, 0.5) is 0 Å². The van der Waals surface area contributed by atoms with Gasteiger partial charge in [-0.2, -0.15) is 0 Å². The summed E-state index contributed by atoms with van der Waals surface area (Å²) >= 11 is 0. The first-order valence-electron chi connectivity index (χ1n) is 1.84. The molecule has 40 valence electrons. The monoisotopic (exact) mass is 92.1 g/mol. The summed E-state index contributed by atoms with van der Waals surface area (Å²) in [4.78, 5) is 0. The highest BCUT2D eigenvalue weighted by Gasteiger charge is 1.32. The van der Waals surface area contributed by atoms with Gasteiger partial charge < -0.3 is 16.6 Å². The van der Waals surface area contributed by atoms with Crippen molar-refractivity contribution in [1.29, 1.82) is 0 Å². The third kappa shape index (κ3) is 2230. The van der Waals surface area contributed by atoms with Crippen molar-refractivity contribution >= 4 is 0 Å². The van der Waals surface area contributed by atoms with Gasteiger partial charge in [0.25, 0.3) is 0 Å². The highest BCUT2D eigenvalue weighted by atomic mass is 16.3. The van der Waals surface area contributed by atoms with Crippen LogP contribution in [0, 0.1) is 0 Å². The van der Waals surface area contributed by atoms with Crippen molar-refractivity contribution in [2.24, 2.45) is 11.5 Å². The standard InChI is InChI=1S/C2H7N.CH5NO/c1-2-3;2-1-3/h2-3H2,1H3;3H,1-2H2. The van der Waals surface area contributed by atoms with Crippen LogP contribution in [-0.4, -0.2) is 18.4 Å². The van der Waals surface area contributed by atoms with Crippen LogP contribution in [0.2, 0.25) is 0 Å². The maximum Gasteiger partial charge on any atom is 0.0906 e. The molecule has 0 amide bonds. The molecule has 0 rings (SSSR count). The second-order valence-corrected chi connectivity index (χ2v) is 0.591. The fraction of sp³-hybridized carbons (Fsp3) is 1.00. The minimum absolute atomic E-state index is 0.250. The minimum Gasteiger partial charge on any atom is -0.382 e. The number of hydrogen-bond donors (Lipinski definition) is 3. The van der Waals surface area contributed by atoms with E-state index in [9.17, 15) is 0 Å². The van der Waals surface area contributed by atoms with E-state index in [4.69, 9.17) is 10.8 Å². The molecule has 0 radical (unpaired) electrons. The summed E-state index contributed by atoms with van der Waals surface area (Å²) < 4.78 is 0. The molecule has 3 nitrogen and oxygen atoms in total. The van der Waals surface area contributed by atoms with Crippen molar-refractivity contribution in [1.82, 2.24) is 0 Å². The Bertz CT molecular complexity index is 10.8. The molecule has 0 aliphatic heterocycles. The molecule has 0 aromatic carbocycles. The molecule has 6 heavy (non-hydrogen) atoms. The van der Waals surface area contributed by atoms with E-state index < -0.39 is 0 Å². The van der Waals surface area contributed by atoms with Crippen LogP contribution >= 0.6 is 0 Å². The first kappa shape index (κ1) is 9.30. The lowest BCUT2D eigenvalue weighted by Crippen LogP contribution is -1.92. The molecule has 0 aliphatic carbocycles. The van der Waals surface area contributed by atoms with Gasteiger partial charge in [-0.1, -0.05) is 6.92 Å². The summed E-state index contributed by atoms with van der Waals surface area (Å²) in [7, 11) is 0. The van der Waals surface area contributed by atoms with Crippen molar-refractivity contribution in [2.45, 2.75) is 6.92 Å². The Morgan fingerprint density at radius 3 is 1.50 bits per heavy atom. The van der Waals surface area contributed by atoms with Crippen molar-refractivity contribution in [2.75, 3.05) is 13.3 Å². The van der Waals surface area contributed by atoms with Gasteiger partial charge >= 0.3 is 0 Å². The number of aliphatic hydroxyl groups is 1. The van der Waals surface area contributed by atoms with Crippen LogP contribution in [-0.2, 0) is 0 Å². The molecule has 0 aromatic heterocycles. The van der Waals surface area contributed by atoms with Crippen LogP contribution in [0.5, 0.6) is 0 Å². The van der Waals surface area contributed by atoms with Crippen molar-refractivity contribution in [3.05, 3.63) is 0 Å². The van der Waals surface area contributed by atoms with E-state index in [2.05, 4.69) is 5.73 Å². The molecule has 0 aliphatic rings. The molecule has 0 aromatic rings. The predicted octanol–water partition coefficient (Wildman–Crippen LogP) is -1.14. The summed E-state index contributed by atoms with van der Waals surface area (Å²) in [6.07, 6.45) is 0. The molecule has 0 atom stereocenters. The molecule has 5 N–H and O–H groups in total. The molecule has 0 spiro atoms. The van der Waals surface area contributed by atoms with Crippen molar-refractivity contribution < 1.29 is 5.11 Å². The quantitative estimate of drug-likeness (QED) is 0.331. The molecule has 0 saturated carbocycles. The van der Waals surface area contributed by atoms with Crippen LogP contribution in [0.3, 0.4) is 0 Å². The van der Waals surface area contributed by atoms with Gasteiger partial charge in [0.15, 0.2) is 0 Å². The smallest absolute Gasteiger partial charge is 0.0906 e. The van der Waals surface area contributed by atoms with Gasteiger partial charge in [0, 0.05) is 0 Å². The fourth-order valence-electron chi connectivity index (χ4n) is 0. The van der Waals surface area contributed by atoms with Gasteiger partial charge in [-0.15, -0.1) is 0 Å². The summed E-state index contributed by atoms with van der Waals surface area (Å²) in [6, 6.07) is 0. The van der Waals surface area contributed by atoms with Crippen LogP contribution in [0.25, 0.3) is 0 Å². The summed E-state index contributed by atoms with van der Waals surface area (Å²) in [5.74, 6) is 0. The van der Waals surface area contributed by atoms with E-state index in [1.165, 1.54) is 0 Å². The average molecular weight is 92.1 g/mol.